The molecule has 0 aliphatic carbocycles. The summed E-state index contributed by atoms with van der Waals surface area (Å²) in [5.74, 6) is 1.89. The van der Waals surface area contributed by atoms with E-state index in [1.54, 1.807) is 14.1 Å². The largest absolute Gasteiger partial charge is 0.493 e. The van der Waals surface area contributed by atoms with Gasteiger partial charge in [-0.05, 0) is 37.5 Å². The molecule has 0 saturated carbocycles. The molecule has 6 nitrogen and oxygen atoms in total. The van der Waals surface area contributed by atoms with Crippen LogP contribution in [-0.2, 0) is 4.79 Å². The molecule has 7 heteroatoms. The highest BCUT2D eigenvalue weighted by Gasteiger charge is 2.10. The molecule has 0 fully saturated rings. The standard InChI is InChI=1S/C21H34N4O2.HI/c1-15(2)12-22-21(23-13-20(26)25(6)7)24-17(5)18-8-10-19(11-9-18)27-14-16(3)4;/h8-11,16-17H,1,12-14H2,2-7H3,(H2,22,23,24);1H. The van der Waals surface area contributed by atoms with E-state index in [1.165, 1.54) is 4.90 Å². The second kappa shape index (κ2) is 13.4. The van der Waals surface area contributed by atoms with E-state index in [0.717, 1.165) is 16.9 Å². The van der Waals surface area contributed by atoms with Gasteiger partial charge in [0.25, 0.3) is 0 Å². The normalized spacial score (nSPS) is 12.0. The fourth-order valence-electron chi connectivity index (χ4n) is 2.08. The first-order valence-electron chi connectivity index (χ1n) is 9.31. The number of likely N-dealkylation sites (N-methyl/N-ethyl adjacent to an activating group) is 1. The van der Waals surface area contributed by atoms with E-state index in [1.807, 2.05) is 31.2 Å². The number of aliphatic imine (C=N–C) groups is 1. The summed E-state index contributed by atoms with van der Waals surface area (Å²) in [7, 11) is 3.44. The second-order valence-electron chi connectivity index (χ2n) is 7.40. The van der Waals surface area contributed by atoms with Crippen molar-refractivity contribution in [1.29, 1.82) is 0 Å². The number of nitrogens with zero attached hydrogens (tertiary/aromatic N) is 2. The van der Waals surface area contributed by atoms with Crippen LogP contribution in [0.3, 0.4) is 0 Å². The van der Waals surface area contributed by atoms with Crippen LogP contribution in [0.25, 0.3) is 0 Å². The first-order chi connectivity index (χ1) is 12.7. The number of rotatable bonds is 9. The van der Waals surface area contributed by atoms with Crippen LogP contribution < -0.4 is 15.4 Å². The molecule has 0 bridgehead atoms. The molecule has 1 atom stereocenters. The van der Waals surface area contributed by atoms with E-state index < -0.39 is 0 Å². The number of carbonyl (C=O) groups is 1. The van der Waals surface area contributed by atoms with Crippen LogP contribution in [0.4, 0.5) is 0 Å². The minimum absolute atomic E-state index is 0. The predicted molar refractivity (Wildman–Crippen MR) is 128 cm³/mol. The molecule has 158 valence electrons. The zero-order valence-corrected chi connectivity index (χ0v) is 20.2. The lowest BCUT2D eigenvalue weighted by molar-refractivity contribution is -0.127. The molecule has 0 aliphatic heterocycles. The third-order valence-electron chi connectivity index (χ3n) is 3.75. The lowest BCUT2D eigenvalue weighted by atomic mass is 10.1. The molecular weight excluding hydrogens is 467 g/mol. The van der Waals surface area contributed by atoms with E-state index in [9.17, 15) is 4.79 Å². The van der Waals surface area contributed by atoms with Crippen LogP contribution in [-0.4, -0.2) is 50.6 Å². The van der Waals surface area contributed by atoms with E-state index in [4.69, 9.17) is 4.74 Å². The molecule has 0 aromatic heterocycles. The number of benzene rings is 1. The van der Waals surface area contributed by atoms with Crippen molar-refractivity contribution in [2.45, 2.75) is 33.7 Å². The Morgan fingerprint density at radius 3 is 2.32 bits per heavy atom. The van der Waals surface area contributed by atoms with Crippen molar-refractivity contribution in [1.82, 2.24) is 15.5 Å². The minimum atomic E-state index is -0.0502. The summed E-state index contributed by atoms with van der Waals surface area (Å²) in [4.78, 5) is 17.7. The summed E-state index contributed by atoms with van der Waals surface area (Å²) in [5.41, 5.74) is 2.10. The predicted octanol–water partition coefficient (Wildman–Crippen LogP) is 3.60. The Kier molecular flexibility index (Phi) is 12.6. The maximum absolute atomic E-state index is 11.8. The number of hydrogen-bond acceptors (Lipinski definition) is 3. The molecule has 0 saturated heterocycles. The Labute approximate surface area is 186 Å². The number of hydrogen-bond donors (Lipinski definition) is 2. The summed E-state index contributed by atoms with van der Waals surface area (Å²) < 4.78 is 5.73. The molecule has 1 unspecified atom stereocenters. The molecular formula is C21H35IN4O2. The van der Waals surface area contributed by atoms with Crippen LogP contribution in [0.15, 0.2) is 41.4 Å². The van der Waals surface area contributed by atoms with Crippen molar-refractivity contribution in [2.24, 2.45) is 10.9 Å². The smallest absolute Gasteiger partial charge is 0.243 e. The van der Waals surface area contributed by atoms with Crippen LogP contribution in [0.2, 0.25) is 0 Å². The van der Waals surface area contributed by atoms with Crippen molar-refractivity contribution in [3.05, 3.63) is 42.0 Å². The molecule has 0 heterocycles. The average molecular weight is 502 g/mol. The van der Waals surface area contributed by atoms with Gasteiger partial charge in [0, 0.05) is 20.6 Å². The first kappa shape index (κ1) is 26.2. The molecule has 1 amide bonds. The van der Waals surface area contributed by atoms with Crippen LogP contribution in [0.5, 0.6) is 5.75 Å². The van der Waals surface area contributed by atoms with Gasteiger partial charge in [-0.15, -0.1) is 24.0 Å². The highest BCUT2D eigenvalue weighted by Crippen LogP contribution is 2.18. The maximum atomic E-state index is 11.8. The highest BCUT2D eigenvalue weighted by molar-refractivity contribution is 14.0. The number of ether oxygens (including phenoxy) is 1. The summed E-state index contributed by atoms with van der Waals surface area (Å²) in [5, 5.41) is 6.54. The molecule has 1 aromatic carbocycles. The van der Waals surface area contributed by atoms with Gasteiger partial charge < -0.3 is 20.3 Å². The molecule has 0 spiro atoms. The van der Waals surface area contributed by atoms with Crippen molar-refractivity contribution in [2.75, 3.05) is 33.8 Å². The summed E-state index contributed by atoms with van der Waals surface area (Å²) in [6, 6.07) is 8.05. The van der Waals surface area contributed by atoms with Gasteiger partial charge >= 0.3 is 0 Å². The molecule has 2 N–H and O–H groups in total. The Bertz CT molecular complexity index is 642. The van der Waals surface area contributed by atoms with Crippen LogP contribution in [0.1, 0.15) is 39.3 Å². The topological polar surface area (TPSA) is 66.0 Å². The van der Waals surface area contributed by atoms with E-state index in [0.29, 0.717) is 25.0 Å². The average Bonchev–Trinajstić information content (AvgIpc) is 2.61. The lowest BCUT2D eigenvalue weighted by Gasteiger charge is -2.19. The molecule has 0 radical (unpaired) electrons. The van der Waals surface area contributed by atoms with Crippen LogP contribution in [0, 0.1) is 5.92 Å². The quantitative estimate of drug-likeness (QED) is 0.235. The van der Waals surface area contributed by atoms with Gasteiger partial charge in [0.05, 0.1) is 12.6 Å². The lowest BCUT2D eigenvalue weighted by Crippen LogP contribution is -2.40. The van der Waals surface area contributed by atoms with Crippen molar-refractivity contribution < 1.29 is 9.53 Å². The summed E-state index contributed by atoms with van der Waals surface area (Å²) >= 11 is 0. The fraction of sp³-hybridized carbons (Fsp3) is 0.524. The number of guanidine groups is 1. The van der Waals surface area contributed by atoms with Crippen molar-refractivity contribution in [3.8, 4) is 5.75 Å². The van der Waals surface area contributed by atoms with Gasteiger partial charge in [0.15, 0.2) is 5.96 Å². The Balaban J connectivity index is 0.00000729. The first-order valence-corrected chi connectivity index (χ1v) is 9.31. The monoisotopic (exact) mass is 502 g/mol. The van der Waals surface area contributed by atoms with Gasteiger partial charge in [0.2, 0.25) is 5.91 Å². The summed E-state index contributed by atoms with van der Waals surface area (Å²) in [6.07, 6.45) is 0. The van der Waals surface area contributed by atoms with Gasteiger partial charge in [0.1, 0.15) is 12.3 Å². The SMILES string of the molecule is C=C(C)CNC(=NCC(=O)N(C)C)NC(C)c1ccc(OCC(C)C)cc1.I. The Hall–Kier alpha value is -1.77. The third-order valence-corrected chi connectivity index (χ3v) is 3.75. The van der Waals surface area contributed by atoms with E-state index >= 15 is 0 Å². The van der Waals surface area contributed by atoms with Gasteiger partial charge in [-0.1, -0.05) is 38.1 Å². The van der Waals surface area contributed by atoms with Crippen molar-refractivity contribution >= 4 is 35.8 Å². The Morgan fingerprint density at radius 1 is 1.21 bits per heavy atom. The van der Waals surface area contributed by atoms with Gasteiger partial charge in [-0.3, -0.25) is 4.79 Å². The molecule has 0 aliphatic rings. The van der Waals surface area contributed by atoms with Crippen LogP contribution >= 0.6 is 24.0 Å². The van der Waals surface area contributed by atoms with Crippen molar-refractivity contribution in [3.63, 3.8) is 0 Å². The Morgan fingerprint density at radius 2 is 1.82 bits per heavy atom. The third kappa shape index (κ3) is 10.5. The fourth-order valence-corrected chi connectivity index (χ4v) is 2.08. The number of amides is 1. The zero-order chi connectivity index (χ0) is 20.4. The number of carbonyl (C=O) groups excluding carboxylic acids is 1. The molecule has 1 aromatic rings. The van der Waals surface area contributed by atoms with Gasteiger partial charge in [-0.25, -0.2) is 4.99 Å². The second-order valence-corrected chi connectivity index (χ2v) is 7.40. The van der Waals surface area contributed by atoms with Gasteiger partial charge in [-0.2, -0.15) is 0 Å². The van der Waals surface area contributed by atoms with E-state index in [-0.39, 0.29) is 42.5 Å². The highest BCUT2D eigenvalue weighted by atomic mass is 127. The number of halogens is 1. The molecule has 28 heavy (non-hydrogen) atoms. The summed E-state index contributed by atoms with van der Waals surface area (Å²) in [6.45, 7) is 13.5. The maximum Gasteiger partial charge on any atom is 0.243 e. The minimum Gasteiger partial charge on any atom is -0.493 e. The zero-order valence-electron chi connectivity index (χ0n) is 17.9. The van der Waals surface area contributed by atoms with E-state index in [2.05, 4.69) is 43.0 Å². The molecule has 1 rings (SSSR count). The number of nitrogens with one attached hydrogen (secondary N) is 2.